The Hall–Kier alpha value is -2.73. The van der Waals surface area contributed by atoms with Crippen LogP contribution in [0.1, 0.15) is 18.1 Å². The first-order chi connectivity index (χ1) is 12.0. The van der Waals surface area contributed by atoms with E-state index in [2.05, 4.69) is 29.7 Å². The summed E-state index contributed by atoms with van der Waals surface area (Å²) in [6.07, 6.45) is 0.989. The number of hydrogen-bond donors (Lipinski definition) is 3. The number of quaternary nitrogens is 1. The predicted molar refractivity (Wildman–Crippen MR) is 94.8 cm³/mol. The number of imide groups is 1. The first kappa shape index (κ1) is 18.6. The van der Waals surface area contributed by atoms with Gasteiger partial charge in [0.2, 0.25) is 0 Å². The Morgan fingerprint density at radius 2 is 1.68 bits per heavy atom. The van der Waals surface area contributed by atoms with Crippen molar-refractivity contribution in [2.24, 2.45) is 0 Å². The standard InChI is InChI=1S/C19H22FN3O2/c1-3-14-8-10-15(11-9-14)12-23(2)13-18(24)22-19(25)21-17-7-5-4-6-16(17)20/h4-11H,3,12-13H2,1-2H3,(H2,21,22,24,25)/p+1. The molecule has 0 aromatic heterocycles. The molecule has 0 aliphatic rings. The van der Waals surface area contributed by atoms with Gasteiger partial charge in [-0.1, -0.05) is 43.3 Å². The number of carbonyl (C=O) groups is 2. The number of likely N-dealkylation sites (N-methyl/N-ethyl adjacent to an activating group) is 1. The second kappa shape index (κ2) is 8.94. The molecule has 25 heavy (non-hydrogen) atoms. The molecule has 0 aliphatic carbocycles. The minimum Gasteiger partial charge on any atom is -0.326 e. The van der Waals surface area contributed by atoms with E-state index in [4.69, 9.17) is 0 Å². The van der Waals surface area contributed by atoms with Crippen molar-refractivity contribution in [2.45, 2.75) is 19.9 Å². The van der Waals surface area contributed by atoms with E-state index in [1.165, 1.54) is 23.8 Å². The molecule has 3 amide bonds. The molecule has 0 heterocycles. The van der Waals surface area contributed by atoms with Crippen molar-refractivity contribution in [3.8, 4) is 0 Å². The van der Waals surface area contributed by atoms with E-state index in [1.54, 1.807) is 6.07 Å². The van der Waals surface area contributed by atoms with Crippen LogP contribution < -0.4 is 15.5 Å². The zero-order valence-electron chi connectivity index (χ0n) is 14.4. The molecule has 0 spiro atoms. The normalized spacial score (nSPS) is 11.6. The van der Waals surface area contributed by atoms with Gasteiger partial charge in [0.05, 0.1) is 12.7 Å². The highest BCUT2D eigenvalue weighted by molar-refractivity contribution is 6.01. The molecule has 0 radical (unpaired) electrons. The molecule has 132 valence electrons. The van der Waals surface area contributed by atoms with Gasteiger partial charge in [0.15, 0.2) is 6.54 Å². The van der Waals surface area contributed by atoms with Gasteiger partial charge in [0, 0.05) is 5.56 Å². The molecule has 2 rings (SSSR count). The van der Waals surface area contributed by atoms with Crippen molar-refractivity contribution in [3.05, 3.63) is 65.5 Å². The Morgan fingerprint density at radius 3 is 2.32 bits per heavy atom. The summed E-state index contributed by atoms with van der Waals surface area (Å²) in [6.45, 7) is 2.91. The van der Waals surface area contributed by atoms with Crippen molar-refractivity contribution in [1.29, 1.82) is 0 Å². The molecule has 0 bridgehead atoms. The van der Waals surface area contributed by atoms with Crippen molar-refractivity contribution in [3.63, 3.8) is 0 Å². The van der Waals surface area contributed by atoms with Crippen LogP contribution in [0.3, 0.4) is 0 Å². The van der Waals surface area contributed by atoms with Gasteiger partial charge in [-0.3, -0.25) is 10.1 Å². The van der Waals surface area contributed by atoms with Crippen LogP contribution >= 0.6 is 0 Å². The average molecular weight is 344 g/mol. The average Bonchev–Trinajstić information content (AvgIpc) is 2.57. The molecular weight excluding hydrogens is 321 g/mol. The van der Waals surface area contributed by atoms with Gasteiger partial charge >= 0.3 is 6.03 Å². The molecule has 1 unspecified atom stereocenters. The van der Waals surface area contributed by atoms with Crippen LogP contribution in [0, 0.1) is 5.82 Å². The van der Waals surface area contributed by atoms with E-state index < -0.39 is 17.8 Å². The third-order valence-corrected chi connectivity index (χ3v) is 3.77. The van der Waals surface area contributed by atoms with Crippen LogP contribution in [0.5, 0.6) is 0 Å². The Labute approximate surface area is 146 Å². The van der Waals surface area contributed by atoms with Crippen LogP contribution in [0.15, 0.2) is 48.5 Å². The number of hydrogen-bond acceptors (Lipinski definition) is 2. The van der Waals surface area contributed by atoms with Crippen molar-refractivity contribution >= 4 is 17.6 Å². The molecular formula is C19H23FN3O2+. The number of anilines is 1. The maximum atomic E-state index is 13.5. The third kappa shape index (κ3) is 6.00. The lowest BCUT2D eigenvalue weighted by molar-refractivity contribution is -0.885. The summed E-state index contributed by atoms with van der Waals surface area (Å²) >= 11 is 0. The van der Waals surface area contributed by atoms with Crippen LogP contribution in [0.4, 0.5) is 14.9 Å². The lowest BCUT2D eigenvalue weighted by atomic mass is 10.1. The van der Waals surface area contributed by atoms with E-state index in [-0.39, 0.29) is 12.2 Å². The molecule has 2 aromatic carbocycles. The highest BCUT2D eigenvalue weighted by Gasteiger charge is 2.14. The zero-order chi connectivity index (χ0) is 18.2. The Balaban J connectivity index is 1.80. The minimum absolute atomic E-state index is 0.0320. The van der Waals surface area contributed by atoms with Gasteiger partial charge in [0.1, 0.15) is 12.4 Å². The number of urea groups is 1. The fourth-order valence-corrected chi connectivity index (χ4v) is 2.46. The van der Waals surface area contributed by atoms with Gasteiger partial charge in [-0.15, -0.1) is 0 Å². The van der Waals surface area contributed by atoms with E-state index in [0.29, 0.717) is 6.54 Å². The molecule has 2 aromatic rings. The summed E-state index contributed by atoms with van der Waals surface area (Å²) in [6, 6.07) is 13.3. The fraction of sp³-hybridized carbons (Fsp3) is 0.263. The smallest absolute Gasteiger partial charge is 0.326 e. The number of amides is 3. The number of rotatable bonds is 6. The SMILES string of the molecule is CCc1ccc(C[NH+](C)CC(=O)NC(=O)Nc2ccccc2F)cc1. The number of para-hydroxylation sites is 1. The first-order valence-corrected chi connectivity index (χ1v) is 8.22. The lowest BCUT2D eigenvalue weighted by Gasteiger charge is -2.14. The molecule has 6 heteroatoms. The van der Waals surface area contributed by atoms with Crippen LogP contribution in [-0.4, -0.2) is 25.5 Å². The van der Waals surface area contributed by atoms with Crippen LogP contribution in [0.2, 0.25) is 0 Å². The highest BCUT2D eigenvalue weighted by Crippen LogP contribution is 2.11. The van der Waals surface area contributed by atoms with Crippen molar-refractivity contribution in [1.82, 2.24) is 5.32 Å². The molecule has 1 atom stereocenters. The summed E-state index contributed by atoms with van der Waals surface area (Å²) in [5.74, 6) is -0.972. The van der Waals surface area contributed by atoms with Crippen LogP contribution in [-0.2, 0) is 17.8 Å². The molecule has 0 saturated heterocycles. The number of nitrogens with one attached hydrogen (secondary N) is 3. The molecule has 0 aliphatic heterocycles. The number of benzene rings is 2. The molecule has 0 fully saturated rings. The summed E-state index contributed by atoms with van der Waals surface area (Å²) < 4.78 is 13.5. The van der Waals surface area contributed by atoms with Gasteiger partial charge in [0.25, 0.3) is 5.91 Å². The summed E-state index contributed by atoms with van der Waals surface area (Å²) in [5, 5.41) is 4.54. The highest BCUT2D eigenvalue weighted by atomic mass is 19.1. The Morgan fingerprint density at radius 1 is 1.04 bits per heavy atom. The summed E-state index contributed by atoms with van der Waals surface area (Å²) in [5.41, 5.74) is 2.42. The largest absolute Gasteiger partial charge is 0.326 e. The summed E-state index contributed by atoms with van der Waals surface area (Å²) in [4.78, 5) is 24.7. The van der Waals surface area contributed by atoms with E-state index in [0.717, 1.165) is 16.9 Å². The molecule has 5 nitrogen and oxygen atoms in total. The Bertz CT molecular complexity index is 732. The lowest BCUT2D eigenvalue weighted by Crippen LogP contribution is -3.09. The van der Waals surface area contributed by atoms with Gasteiger partial charge in [-0.05, 0) is 24.1 Å². The quantitative estimate of drug-likeness (QED) is 0.748. The third-order valence-electron chi connectivity index (χ3n) is 3.77. The van der Waals surface area contributed by atoms with E-state index >= 15 is 0 Å². The maximum absolute atomic E-state index is 13.5. The maximum Gasteiger partial charge on any atom is 0.326 e. The molecule has 3 N–H and O–H groups in total. The number of halogens is 1. The topological polar surface area (TPSA) is 62.6 Å². The fourth-order valence-electron chi connectivity index (χ4n) is 2.46. The number of carbonyl (C=O) groups excluding carboxylic acids is 2. The summed E-state index contributed by atoms with van der Waals surface area (Å²) in [7, 11) is 1.88. The monoisotopic (exact) mass is 344 g/mol. The minimum atomic E-state index is -0.741. The van der Waals surface area contributed by atoms with E-state index in [9.17, 15) is 14.0 Å². The molecule has 0 saturated carbocycles. The van der Waals surface area contributed by atoms with Gasteiger partial charge in [-0.2, -0.15) is 0 Å². The first-order valence-electron chi connectivity index (χ1n) is 8.22. The van der Waals surface area contributed by atoms with Crippen molar-refractivity contribution in [2.75, 3.05) is 18.9 Å². The van der Waals surface area contributed by atoms with E-state index in [1.807, 2.05) is 19.2 Å². The Kier molecular flexibility index (Phi) is 6.65. The second-order valence-corrected chi connectivity index (χ2v) is 5.96. The zero-order valence-corrected chi connectivity index (χ0v) is 14.4. The predicted octanol–water partition coefficient (Wildman–Crippen LogP) is 1.75. The van der Waals surface area contributed by atoms with Crippen LogP contribution in [0.25, 0.3) is 0 Å². The van der Waals surface area contributed by atoms with Crippen molar-refractivity contribution < 1.29 is 18.9 Å². The van der Waals surface area contributed by atoms with Gasteiger partial charge in [-0.25, -0.2) is 9.18 Å². The number of aryl methyl sites for hydroxylation is 1. The van der Waals surface area contributed by atoms with Gasteiger partial charge < -0.3 is 10.2 Å². The second-order valence-electron chi connectivity index (χ2n) is 5.96.